The molecule has 0 saturated carbocycles. The van der Waals surface area contributed by atoms with Crippen LogP contribution in [0.5, 0.6) is 0 Å². The molecule has 1 heterocycles. The van der Waals surface area contributed by atoms with E-state index in [2.05, 4.69) is 22.4 Å². The summed E-state index contributed by atoms with van der Waals surface area (Å²) in [6.45, 7) is 3.65. The van der Waals surface area contributed by atoms with Crippen LogP contribution in [0.4, 0.5) is 4.39 Å². The van der Waals surface area contributed by atoms with E-state index in [1.165, 1.54) is 23.7 Å². The van der Waals surface area contributed by atoms with E-state index in [-0.39, 0.29) is 0 Å². The van der Waals surface area contributed by atoms with Crippen LogP contribution in [0.3, 0.4) is 0 Å². The number of aromatic nitrogens is 1. The van der Waals surface area contributed by atoms with E-state index in [9.17, 15) is 9.50 Å². The predicted molar refractivity (Wildman–Crippen MR) is 97.8 cm³/mol. The van der Waals surface area contributed by atoms with Crippen LogP contribution in [0, 0.1) is 5.82 Å². The van der Waals surface area contributed by atoms with Crippen molar-refractivity contribution >= 4 is 23.4 Å². The van der Waals surface area contributed by atoms with Gasteiger partial charge in [0, 0.05) is 35.8 Å². The molecule has 1 aromatic heterocycles. The fourth-order valence-corrected chi connectivity index (χ4v) is 3.28. The predicted octanol–water partition coefficient (Wildman–Crippen LogP) is 3.51. The lowest BCUT2D eigenvalue weighted by atomic mass is 9.96. The SMILES string of the molecule is CCc1cc(CC(C=NC)=C(N)c2ccc(F)cc2[C@@H](C)O)sn1. The van der Waals surface area contributed by atoms with Crippen LogP contribution in [0.25, 0.3) is 5.70 Å². The topological polar surface area (TPSA) is 71.5 Å². The smallest absolute Gasteiger partial charge is 0.123 e. The van der Waals surface area contributed by atoms with E-state index in [0.29, 0.717) is 23.2 Å². The van der Waals surface area contributed by atoms with Crippen molar-refractivity contribution in [3.05, 3.63) is 57.4 Å². The Kier molecular flexibility index (Phi) is 6.23. The second kappa shape index (κ2) is 8.17. The lowest BCUT2D eigenvalue weighted by Gasteiger charge is -2.15. The molecule has 0 saturated heterocycles. The highest BCUT2D eigenvalue weighted by molar-refractivity contribution is 7.05. The van der Waals surface area contributed by atoms with Gasteiger partial charge in [-0.25, -0.2) is 4.39 Å². The molecule has 2 aromatic rings. The van der Waals surface area contributed by atoms with Gasteiger partial charge in [-0.2, -0.15) is 4.37 Å². The number of aryl methyl sites for hydroxylation is 1. The number of aliphatic hydroxyl groups excluding tert-OH is 1. The molecule has 0 aliphatic rings. The molecule has 4 nitrogen and oxygen atoms in total. The Bertz CT molecular complexity index is 765. The van der Waals surface area contributed by atoms with Crippen LogP contribution in [0.1, 0.15) is 41.6 Å². The number of halogens is 1. The lowest BCUT2D eigenvalue weighted by Crippen LogP contribution is -2.09. The normalized spacial score (nSPS) is 14.0. The average Bonchev–Trinajstić information content (AvgIpc) is 3.01. The van der Waals surface area contributed by atoms with Crippen molar-refractivity contribution in [3.63, 3.8) is 0 Å². The molecular formula is C18H22FN3OS. The monoisotopic (exact) mass is 347 g/mol. The molecule has 6 heteroatoms. The Morgan fingerprint density at radius 2 is 2.21 bits per heavy atom. The fourth-order valence-electron chi connectivity index (χ4n) is 2.46. The maximum atomic E-state index is 13.5. The van der Waals surface area contributed by atoms with Gasteiger partial charge < -0.3 is 10.8 Å². The molecule has 1 aromatic carbocycles. The third-order valence-electron chi connectivity index (χ3n) is 3.72. The van der Waals surface area contributed by atoms with Gasteiger partial charge in [0.05, 0.1) is 11.8 Å². The van der Waals surface area contributed by atoms with Gasteiger partial charge in [0.15, 0.2) is 0 Å². The molecular weight excluding hydrogens is 325 g/mol. The Hall–Kier alpha value is -2.05. The second-order valence-electron chi connectivity index (χ2n) is 5.55. The maximum absolute atomic E-state index is 13.5. The number of hydrogen-bond acceptors (Lipinski definition) is 5. The Morgan fingerprint density at radius 1 is 1.46 bits per heavy atom. The molecule has 0 radical (unpaired) electrons. The number of rotatable bonds is 6. The second-order valence-corrected chi connectivity index (χ2v) is 6.44. The molecule has 0 fully saturated rings. The zero-order valence-corrected chi connectivity index (χ0v) is 14.9. The number of benzene rings is 1. The zero-order valence-electron chi connectivity index (χ0n) is 14.1. The first kappa shape index (κ1) is 18.3. The average molecular weight is 347 g/mol. The van der Waals surface area contributed by atoms with E-state index in [1.54, 1.807) is 26.3 Å². The number of nitrogens with two attached hydrogens (primary N) is 1. The number of hydrogen-bond donors (Lipinski definition) is 2. The van der Waals surface area contributed by atoms with Crippen LogP contribution in [0.15, 0.2) is 34.8 Å². The summed E-state index contributed by atoms with van der Waals surface area (Å²) in [4.78, 5) is 5.17. The molecule has 3 N–H and O–H groups in total. The summed E-state index contributed by atoms with van der Waals surface area (Å²) in [5.74, 6) is -0.400. The number of allylic oxidation sites excluding steroid dienone is 1. The zero-order chi connectivity index (χ0) is 17.7. The molecule has 2 rings (SSSR count). The van der Waals surface area contributed by atoms with Gasteiger partial charge in [0.1, 0.15) is 5.82 Å². The van der Waals surface area contributed by atoms with Crippen molar-refractivity contribution in [3.8, 4) is 0 Å². The largest absolute Gasteiger partial charge is 0.398 e. The summed E-state index contributed by atoms with van der Waals surface area (Å²) < 4.78 is 17.9. The summed E-state index contributed by atoms with van der Waals surface area (Å²) in [6, 6.07) is 6.31. The fraction of sp³-hybridized carbons (Fsp3) is 0.333. The summed E-state index contributed by atoms with van der Waals surface area (Å²) in [7, 11) is 1.68. The van der Waals surface area contributed by atoms with Crippen LogP contribution in [-0.4, -0.2) is 22.7 Å². The Morgan fingerprint density at radius 3 is 2.79 bits per heavy atom. The minimum atomic E-state index is -0.816. The van der Waals surface area contributed by atoms with E-state index < -0.39 is 11.9 Å². The maximum Gasteiger partial charge on any atom is 0.123 e. The molecule has 1 atom stereocenters. The van der Waals surface area contributed by atoms with E-state index >= 15 is 0 Å². The Balaban J connectivity index is 2.47. The quantitative estimate of drug-likeness (QED) is 0.786. The van der Waals surface area contributed by atoms with Crippen LogP contribution >= 0.6 is 11.5 Å². The first-order valence-corrected chi connectivity index (χ1v) is 8.56. The van der Waals surface area contributed by atoms with Gasteiger partial charge in [-0.05, 0) is 60.3 Å². The van der Waals surface area contributed by atoms with E-state index in [0.717, 1.165) is 22.6 Å². The highest BCUT2D eigenvalue weighted by Crippen LogP contribution is 2.26. The first-order valence-electron chi connectivity index (χ1n) is 7.79. The third kappa shape index (κ3) is 4.27. The number of nitrogens with zero attached hydrogens (tertiary/aromatic N) is 2. The summed E-state index contributed by atoms with van der Waals surface area (Å²) in [5, 5.41) is 9.93. The van der Waals surface area contributed by atoms with Crippen LogP contribution < -0.4 is 5.73 Å². The van der Waals surface area contributed by atoms with E-state index in [4.69, 9.17) is 5.73 Å². The highest BCUT2D eigenvalue weighted by Gasteiger charge is 2.15. The molecule has 0 spiro atoms. The molecule has 0 amide bonds. The van der Waals surface area contributed by atoms with Crippen molar-refractivity contribution < 1.29 is 9.50 Å². The first-order chi connectivity index (χ1) is 11.5. The molecule has 128 valence electrons. The molecule has 0 aliphatic heterocycles. The van der Waals surface area contributed by atoms with Crippen molar-refractivity contribution in [2.75, 3.05) is 7.05 Å². The lowest BCUT2D eigenvalue weighted by molar-refractivity contribution is 0.198. The van der Waals surface area contributed by atoms with Crippen LogP contribution in [-0.2, 0) is 12.8 Å². The van der Waals surface area contributed by atoms with E-state index in [1.807, 2.05) is 0 Å². The van der Waals surface area contributed by atoms with Crippen molar-refractivity contribution in [2.24, 2.45) is 10.7 Å². The summed E-state index contributed by atoms with van der Waals surface area (Å²) in [5.41, 5.74) is 9.79. The van der Waals surface area contributed by atoms with Gasteiger partial charge in [-0.3, -0.25) is 4.99 Å². The molecule has 0 unspecified atom stereocenters. The molecule has 0 bridgehead atoms. The van der Waals surface area contributed by atoms with Gasteiger partial charge in [0.2, 0.25) is 0 Å². The third-order valence-corrected chi connectivity index (χ3v) is 4.54. The van der Waals surface area contributed by atoms with Gasteiger partial charge >= 0.3 is 0 Å². The van der Waals surface area contributed by atoms with Gasteiger partial charge in [0.25, 0.3) is 0 Å². The highest BCUT2D eigenvalue weighted by atomic mass is 32.1. The standard InChI is InChI=1S/C18H22FN3OS/c1-4-14-9-15(24-22-14)7-12(10-21-3)18(20)16-6-5-13(19)8-17(16)11(2)23/h5-6,8-11,23H,4,7,20H2,1-3H3/t11-/m1/s1. The molecule has 0 aliphatic carbocycles. The minimum Gasteiger partial charge on any atom is -0.398 e. The van der Waals surface area contributed by atoms with Crippen molar-refractivity contribution in [1.82, 2.24) is 4.37 Å². The summed E-state index contributed by atoms with van der Waals surface area (Å²) >= 11 is 1.44. The minimum absolute atomic E-state index is 0.400. The van der Waals surface area contributed by atoms with Gasteiger partial charge in [-0.15, -0.1) is 0 Å². The number of aliphatic imine (C=N–C) groups is 1. The van der Waals surface area contributed by atoms with Gasteiger partial charge in [-0.1, -0.05) is 6.92 Å². The van der Waals surface area contributed by atoms with Crippen LogP contribution in [0.2, 0.25) is 0 Å². The Labute approximate surface area is 145 Å². The van der Waals surface area contributed by atoms with Crippen molar-refractivity contribution in [2.45, 2.75) is 32.8 Å². The summed E-state index contributed by atoms with van der Waals surface area (Å²) in [6.07, 6.45) is 2.37. The number of aliphatic hydroxyl groups is 1. The van der Waals surface area contributed by atoms with Crippen molar-refractivity contribution in [1.29, 1.82) is 0 Å². The molecule has 24 heavy (non-hydrogen) atoms.